The zero-order valence-electron chi connectivity index (χ0n) is 16.2. The maximum Gasteiger partial charge on any atom is 0.340 e. The maximum absolute atomic E-state index is 12.9. The van der Waals surface area contributed by atoms with Crippen LogP contribution in [-0.4, -0.2) is 30.6 Å². The number of amides is 1. The molecule has 0 atom stereocenters. The number of hydrogen-bond donors (Lipinski definition) is 1. The average Bonchev–Trinajstić information content (AvgIpc) is 3.17. The van der Waals surface area contributed by atoms with Gasteiger partial charge in [-0.25, -0.2) is 9.78 Å². The van der Waals surface area contributed by atoms with Gasteiger partial charge < -0.3 is 14.8 Å². The molecule has 30 heavy (non-hydrogen) atoms. The van der Waals surface area contributed by atoms with Crippen LogP contribution in [0.15, 0.2) is 48.5 Å². The molecule has 8 heteroatoms. The van der Waals surface area contributed by atoms with Crippen molar-refractivity contribution in [1.82, 2.24) is 4.98 Å². The van der Waals surface area contributed by atoms with E-state index in [2.05, 4.69) is 10.3 Å². The summed E-state index contributed by atoms with van der Waals surface area (Å²) in [6.07, 6.45) is 0. The van der Waals surface area contributed by atoms with Crippen molar-refractivity contribution in [2.24, 2.45) is 0 Å². The first kappa shape index (κ1) is 20.1. The molecule has 1 N–H and O–H groups in total. The largest absolute Gasteiger partial charge is 0.495 e. The van der Waals surface area contributed by atoms with Crippen LogP contribution in [0.3, 0.4) is 0 Å². The number of esters is 1. The van der Waals surface area contributed by atoms with Gasteiger partial charge in [0.1, 0.15) is 15.6 Å². The lowest BCUT2D eigenvalue weighted by molar-refractivity contribution is 0.0527. The zero-order valence-corrected chi connectivity index (χ0v) is 17.8. The first-order valence-electron chi connectivity index (χ1n) is 9.16. The van der Waals surface area contributed by atoms with Gasteiger partial charge in [-0.3, -0.25) is 4.79 Å². The van der Waals surface area contributed by atoms with Crippen LogP contribution in [0.1, 0.15) is 27.0 Å². The van der Waals surface area contributed by atoms with Crippen LogP contribution >= 0.6 is 22.9 Å². The molecule has 4 rings (SSSR count). The molecule has 0 radical (unpaired) electrons. The van der Waals surface area contributed by atoms with Gasteiger partial charge in [-0.15, -0.1) is 11.3 Å². The average molecular weight is 441 g/mol. The number of pyridine rings is 1. The number of halogens is 1. The van der Waals surface area contributed by atoms with Crippen LogP contribution in [0.5, 0.6) is 5.75 Å². The minimum Gasteiger partial charge on any atom is -0.495 e. The topological polar surface area (TPSA) is 77.5 Å². The Bertz CT molecular complexity index is 1290. The standard InChI is InChI=1S/C22H17ClN2O4S/c1-3-29-22(27)14-6-4-5-7-15(14)24-20(26)17-11-13-10-12-8-9-16(28-2)18(23)19(12)25-21(13)30-17/h4-11H,3H2,1-2H3,(H,24,26). The Morgan fingerprint density at radius 2 is 1.93 bits per heavy atom. The van der Waals surface area contributed by atoms with Gasteiger partial charge in [0.2, 0.25) is 0 Å². The highest BCUT2D eigenvalue weighted by atomic mass is 35.5. The van der Waals surface area contributed by atoms with Gasteiger partial charge in [0, 0.05) is 10.8 Å². The van der Waals surface area contributed by atoms with Crippen LogP contribution in [0.25, 0.3) is 21.1 Å². The predicted molar refractivity (Wildman–Crippen MR) is 119 cm³/mol. The number of ether oxygens (including phenoxy) is 2. The maximum atomic E-state index is 12.9. The highest BCUT2D eigenvalue weighted by Crippen LogP contribution is 2.35. The van der Waals surface area contributed by atoms with Gasteiger partial charge in [0.25, 0.3) is 5.91 Å². The SMILES string of the molecule is CCOC(=O)c1ccccc1NC(=O)c1cc2cc3ccc(OC)c(Cl)c3nc2s1. The number of benzene rings is 2. The lowest BCUT2D eigenvalue weighted by Crippen LogP contribution is -2.14. The molecule has 0 unspecified atom stereocenters. The second-order valence-corrected chi connectivity index (χ2v) is 7.78. The van der Waals surface area contributed by atoms with Gasteiger partial charge in [-0.05, 0) is 43.3 Å². The molecule has 0 aliphatic carbocycles. The molecule has 1 amide bonds. The Kier molecular flexibility index (Phi) is 5.57. The number of aromatic nitrogens is 1. The van der Waals surface area contributed by atoms with Gasteiger partial charge >= 0.3 is 5.97 Å². The van der Waals surface area contributed by atoms with Crippen LogP contribution in [0.4, 0.5) is 5.69 Å². The van der Waals surface area contributed by atoms with Crippen molar-refractivity contribution in [3.8, 4) is 5.75 Å². The Morgan fingerprint density at radius 3 is 2.70 bits per heavy atom. The molecule has 2 aromatic heterocycles. The summed E-state index contributed by atoms with van der Waals surface area (Å²) < 4.78 is 10.3. The van der Waals surface area contributed by atoms with Crippen molar-refractivity contribution in [1.29, 1.82) is 0 Å². The lowest BCUT2D eigenvalue weighted by Gasteiger charge is -2.09. The van der Waals surface area contributed by atoms with E-state index >= 15 is 0 Å². The second kappa shape index (κ2) is 8.30. The molecule has 0 saturated carbocycles. The number of nitrogens with one attached hydrogen (secondary N) is 1. The molecule has 0 aliphatic rings. The number of para-hydroxylation sites is 1. The number of anilines is 1. The fourth-order valence-electron chi connectivity index (χ4n) is 3.08. The fraction of sp³-hybridized carbons (Fsp3) is 0.136. The Morgan fingerprint density at radius 1 is 1.13 bits per heavy atom. The minimum atomic E-state index is -0.485. The van der Waals surface area contributed by atoms with E-state index in [1.54, 1.807) is 50.4 Å². The van der Waals surface area contributed by atoms with Crippen LogP contribution < -0.4 is 10.1 Å². The quantitative estimate of drug-likeness (QED) is 0.412. The highest BCUT2D eigenvalue weighted by molar-refractivity contribution is 7.20. The van der Waals surface area contributed by atoms with E-state index < -0.39 is 5.97 Å². The molecule has 2 heterocycles. The number of carbonyl (C=O) groups excluding carboxylic acids is 2. The van der Waals surface area contributed by atoms with E-state index in [-0.39, 0.29) is 12.5 Å². The van der Waals surface area contributed by atoms with Gasteiger partial charge in [-0.1, -0.05) is 23.7 Å². The van der Waals surface area contributed by atoms with Crippen molar-refractivity contribution in [2.75, 3.05) is 19.0 Å². The van der Waals surface area contributed by atoms with Crippen LogP contribution in [-0.2, 0) is 4.74 Å². The molecule has 6 nitrogen and oxygen atoms in total. The third-order valence-corrected chi connectivity index (χ3v) is 5.90. The second-order valence-electron chi connectivity index (χ2n) is 6.37. The van der Waals surface area contributed by atoms with E-state index in [1.807, 2.05) is 12.1 Å². The Balaban J connectivity index is 1.69. The van der Waals surface area contributed by atoms with E-state index in [0.717, 1.165) is 10.8 Å². The summed E-state index contributed by atoms with van der Waals surface area (Å²) in [5, 5.41) is 4.91. The molecular weight excluding hydrogens is 424 g/mol. The smallest absolute Gasteiger partial charge is 0.340 e. The Hall–Kier alpha value is -3.16. The van der Waals surface area contributed by atoms with Gasteiger partial charge in [0.15, 0.2) is 0 Å². The van der Waals surface area contributed by atoms with Crippen molar-refractivity contribution < 1.29 is 19.1 Å². The molecule has 4 aromatic rings. The summed E-state index contributed by atoms with van der Waals surface area (Å²) in [5.74, 6) is -0.273. The summed E-state index contributed by atoms with van der Waals surface area (Å²) in [7, 11) is 1.55. The molecule has 0 fully saturated rings. The van der Waals surface area contributed by atoms with E-state index in [0.29, 0.717) is 37.2 Å². The lowest BCUT2D eigenvalue weighted by atomic mass is 10.1. The first-order chi connectivity index (χ1) is 14.5. The third kappa shape index (κ3) is 3.69. The first-order valence-corrected chi connectivity index (χ1v) is 10.4. The number of fused-ring (bicyclic) bond motifs is 2. The van der Waals surface area contributed by atoms with Gasteiger partial charge in [0.05, 0.1) is 35.4 Å². The summed E-state index contributed by atoms with van der Waals surface area (Å²) in [6.45, 7) is 1.99. The van der Waals surface area contributed by atoms with E-state index in [4.69, 9.17) is 21.1 Å². The third-order valence-electron chi connectivity index (χ3n) is 4.49. The summed E-state index contributed by atoms with van der Waals surface area (Å²) in [6, 6.07) is 14.1. The number of methoxy groups -OCH3 is 1. The number of hydrogen-bond acceptors (Lipinski definition) is 6. The molecule has 152 valence electrons. The summed E-state index contributed by atoms with van der Waals surface area (Å²) in [4.78, 5) is 30.8. The van der Waals surface area contributed by atoms with E-state index in [9.17, 15) is 9.59 Å². The molecule has 0 saturated heterocycles. The summed E-state index contributed by atoms with van der Waals surface area (Å²) in [5.41, 5.74) is 1.31. The van der Waals surface area contributed by atoms with Crippen molar-refractivity contribution in [3.05, 3.63) is 64.0 Å². The molecule has 2 aromatic carbocycles. The molecule has 0 bridgehead atoms. The minimum absolute atomic E-state index is 0.254. The normalized spacial score (nSPS) is 10.9. The highest BCUT2D eigenvalue weighted by Gasteiger charge is 2.18. The zero-order chi connectivity index (χ0) is 21.3. The monoisotopic (exact) mass is 440 g/mol. The predicted octanol–water partition coefficient (Wildman–Crippen LogP) is 5.54. The van der Waals surface area contributed by atoms with Crippen molar-refractivity contribution in [2.45, 2.75) is 6.92 Å². The molecule has 0 spiro atoms. The fourth-order valence-corrected chi connectivity index (χ4v) is 4.28. The van der Waals surface area contributed by atoms with Crippen LogP contribution in [0.2, 0.25) is 5.02 Å². The molecule has 0 aliphatic heterocycles. The van der Waals surface area contributed by atoms with Gasteiger partial charge in [-0.2, -0.15) is 0 Å². The Labute approximate surface area is 181 Å². The number of rotatable bonds is 5. The van der Waals surface area contributed by atoms with E-state index in [1.165, 1.54) is 11.3 Å². The van der Waals surface area contributed by atoms with Crippen molar-refractivity contribution in [3.63, 3.8) is 0 Å². The summed E-state index contributed by atoms with van der Waals surface area (Å²) >= 11 is 7.63. The van der Waals surface area contributed by atoms with Crippen LogP contribution in [0, 0.1) is 0 Å². The number of carbonyl (C=O) groups is 2. The van der Waals surface area contributed by atoms with Crippen molar-refractivity contribution >= 4 is 61.6 Å². The molecular formula is C22H17ClN2O4S. The number of thiophene rings is 1. The number of nitrogens with zero attached hydrogens (tertiary/aromatic N) is 1.